The predicted molar refractivity (Wildman–Crippen MR) is 102 cm³/mol. The molecule has 2 aromatic carbocycles. The molecule has 0 aliphatic heterocycles. The van der Waals surface area contributed by atoms with Crippen molar-refractivity contribution in [2.45, 2.75) is 32.1 Å². The van der Waals surface area contributed by atoms with E-state index in [2.05, 4.69) is 10.0 Å². The van der Waals surface area contributed by atoms with Gasteiger partial charge in [-0.2, -0.15) is 0 Å². The average molecular weight is 394 g/mol. The van der Waals surface area contributed by atoms with Crippen LogP contribution in [0.3, 0.4) is 0 Å². The summed E-state index contributed by atoms with van der Waals surface area (Å²) in [5.74, 6) is -0.662. The number of carbonyl (C=O) groups excluding carboxylic acids is 1. The van der Waals surface area contributed by atoms with Crippen LogP contribution in [0.2, 0.25) is 0 Å². The van der Waals surface area contributed by atoms with Crippen LogP contribution in [0.4, 0.5) is 10.1 Å². The Morgan fingerprint density at radius 2 is 1.85 bits per heavy atom. The number of hydrogen-bond donors (Lipinski definition) is 2. The molecule has 1 amide bonds. The smallest absolute Gasteiger partial charge is 0.240 e. The SMILES string of the molecule is CCOc1cc(F)ccc1NC(=O)CCNS(=O)(=O)c1ccc(C)c(C)c1. The van der Waals surface area contributed by atoms with E-state index in [-0.39, 0.29) is 23.6 Å². The van der Waals surface area contributed by atoms with Crippen molar-refractivity contribution in [3.8, 4) is 5.75 Å². The van der Waals surface area contributed by atoms with Gasteiger partial charge in [0.05, 0.1) is 17.2 Å². The molecule has 0 saturated heterocycles. The first kappa shape index (κ1) is 20.9. The van der Waals surface area contributed by atoms with Crippen LogP contribution in [0.5, 0.6) is 5.75 Å². The number of aryl methyl sites for hydroxylation is 2. The Balaban J connectivity index is 1.95. The topological polar surface area (TPSA) is 84.5 Å². The normalized spacial score (nSPS) is 11.3. The van der Waals surface area contributed by atoms with Crippen molar-refractivity contribution in [2.24, 2.45) is 0 Å². The maximum absolute atomic E-state index is 13.3. The number of sulfonamides is 1. The first-order chi connectivity index (χ1) is 12.7. The summed E-state index contributed by atoms with van der Waals surface area (Å²) in [6, 6.07) is 8.64. The van der Waals surface area contributed by atoms with E-state index in [9.17, 15) is 17.6 Å². The molecule has 0 aliphatic carbocycles. The van der Waals surface area contributed by atoms with E-state index in [1.807, 2.05) is 13.8 Å². The van der Waals surface area contributed by atoms with Crippen LogP contribution >= 0.6 is 0 Å². The Morgan fingerprint density at radius 3 is 2.52 bits per heavy atom. The molecular weight excluding hydrogens is 371 g/mol. The summed E-state index contributed by atoms with van der Waals surface area (Å²) in [5.41, 5.74) is 2.20. The van der Waals surface area contributed by atoms with Crippen LogP contribution in [-0.2, 0) is 14.8 Å². The number of carbonyl (C=O) groups is 1. The van der Waals surface area contributed by atoms with Gasteiger partial charge in [-0.25, -0.2) is 17.5 Å². The van der Waals surface area contributed by atoms with Gasteiger partial charge >= 0.3 is 0 Å². The second-order valence-electron chi connectivity index (χ2n) is 6.02. The number of ether oxygens (including phenoxy) is 1. The lowest BCUT2D eigenvalue weighted by Crippen LogP contribution is -2.28. The molecule has 6 nitrogen and oxygen atoms in total. The van der Waals surface area contributed by atoms with Gasteiger partial charge in [-0.1, -0.05) is 6.07 Å². The quantitative estimate of drug-likeness (QED) is 0.720. The molecule has 0 bridgehead atoms. The number of benzene rings is 2. The molecular formula is C19H23FN2O4S. The molecule has 0 aliphatic rings. The van der Waals surface area contributed by atoms with E-state index in [0.717, 1.165) is 11.1 Å². The van der Waals surface area contributed by atoms with E-state index in [1.54, 1.807) is 19.1 Å². The standard InChI is InChI=1S/C19H23FN2O4S/c1-4-26-18-12-15(20)6-8-17(18)22-19(23)9-10-21-27(24,25)16-7-5-13(2)14(3)11-16/h5-8,11-12,21H,4,9-10H2,1-3H3,(H,22,23). The highest BCUT2D eigenvalue weighted by Crippen LogP contribution is 2.25. The van der Waals surface area contributed by atoms with E-state index in [1.165, 1.54) is 24.3 Å². The fraction of sp³-hybridized carbons (Fsp3) is 0.316. The van der Waals surface area contributed by atoms with Crippen molar-refractivity contribution < 1.29 is 22.3 Å². The number of hydrogen-bond acceptors (Lipinski definition) is 4. The van der Waals surface area contributed by atoms with Crippen molar-refractivity contribution in [3.63, 3.8) is 0 Å². The zero-order valence-electron chi connectivity index (χ0n) is 15.5. The first-order valence-electron chi connectivity index (χ1n) is 8.52. The molecule has 8 heteroatoms. The van der Waals surface area contributed by atoms with Gasteiger partial charge in [0.2, 0.25) is 15.9 Å². The molecule has 2 N–H and O–H groups in total. The second-order valence-corrected chi connectivity index (χ2v) is 7.78. The Hall–Kier alpha value is -2.45. The molecule has 0 fully saturated rings. The molecule has 0 heterocycles. The maximum atomic E-state index is 13.3. The molecule has 0 atom stereocenters. The minimum Gasteiger partial charge on any atom is -0.492 e. The van der Waals surface area contributed by atoms with E-state index in [0.29, 0.717) is 12.3 Å². The lowest BCUT2D eigenvalue weighted by atomic mass is 10.1. The summed E-state index contributed by atoms with van der Waals surface area (Å²) in [7, 11) is -3.69. The van der Waals surface area contributed by atoms with Crippen molar-refractivity contribution in [1.82, 2.24) is 4.72 Å². The third kappa shape index (κ3) is 5.77. The van der Waals surface area contributed by atoms with Crippen LogP contribution in [0.1, 0.15) is 24.5 Å². The molecule has 0 spiro atoms. The molecule has 0 aromatic heterocycles. The van der Waals surface area contributed by atoms with Crippen molar-refractivity contribution in [3.05, 3.63) is 53.3 Å². The summed E-state index contributed by atoms with van der Waals surface area (Å²) < 4.78 is 45.6. The Kier molecular flexibility index (Phi) is 6.92. The number of halogens is 1. The van der Waals surface area contributed by atoms with Crippen LogP contribution in [0.15, 0.2) is 41.3 Å². The van der Waals surface area contributed by atoms with Gasteiger partial charge in [0, 0.05) is 19.0 Å². The highest BCUT2D eigenvalue weighted by atomic mass is 32.2. The van der Waals surface area contributed by atoms with Crippen LogP contribution in [0.25, 0.3) is 0 Å². The summed E-state index contributed by atoms with van der Waals surface area (Å²) in [6.07, 6.45) is -0.0764. The lowest BCUT2D eigenvalue weighted by Gasteiger charge is -2.12. The molecule has 0 unspecified atom stereocenters. The van der Waals surface area contributed by atoms with Crippen molar-refractivity contribution in [2.75, 3.05) is 18.5 Å². The van der Waals surface area contributed by atoms with Crippen LogP contribution < -0.4 is 14.8 Å². The molecule has 0 radical (unpaired) electrons. The minimum absolute atomic E-state index is 0.0632. The van der Waals surface area contributed by atoms with Crippen molar-refractivity contribution in [1.29, 1.82) is 0 Å². The van der Waals surface area contributed by atoms with Gasteiger partial charge in [-0.15, -0.1) is 0 Å². The number of rotatable bonds is 8. The summed E-state index contributed by atoms with van der Waals surface area (Å²) in [6.45, 7) is 5.74. The molecule has 0 saturated carbocycles. The summed E-state index contributed by atoms with van der Waals surface area (Å²) in [5, 5.41) is 2.60. The number of amides is 1. The predicted octanol–water partition coefficient (Wildman–Crippen LogP) is 3.15. The minimum atomic E-state index is -3.69. The monoisotopic (exact) mass is 394 g/mol. The van der Waals surface area contributed by atoms with E-state index in [4.69, 9.17) is 4.74 Å². The molecule has 2 aromatic rings. The molecule has 27 heavy (non-hydrogen) atoms. The fourth-order valence-corrected chi connectivity index (χ4v) is 3.47. The third-order valence-corrected chi connectivity index (χ3v) is 5.41. The van der Waals surface area contributed by atoms with Gasteiger partial charge in [0.25, 0.3) is 0 Å². The maximum Gasteiger partial charge on any atom is 0.240 e. The van der Waals surface area contributed by atoms with Gasteiger partial charge in [-0.3, -0.25) is 4.79 Å². The zero-order valence-corrected chi connectivity index (χ0v) is 16.3. The highest BCUT2D eigenvalue weighted by Gasteiger charge is 2.15. The molecule has 146 valence electrons. The molecule has 2 rings (SSSR count). The van der Waals surface area contributed by atoms with Gasteiger partial charge in [0.15, 0.2) is 0 Å². The zero-order chi connectivity index (χ0) is 20.0. The van der Waals surface area contributed by atoms with E-state index >= 15 is 0 Å². The van der Waals surface area contributed by atoms with Crippen LogP contribution in [0, 0.1) is 19.7 Å². The Morgan fingerprint density at radius 1 is 1.11 bits per heavy atom. The van der Waals surface area contributed by atoms with Gasteiger partial charge in [-0.05, 0) is 56.2 Å². The van der Waals surface area contributed by atoms with Crippen LogP contribution in [-0.4, -0.2) is 27.5 Å². The lowest BCUT2D eigenvalue weighted by molar-refractivity contribution is -0.116. The van der Waals surface area contributed by atoms with Gasteiger partial charge < -0.3 is 10.1 Å². The van der Waals surface area contributed by atoms with E-state index < -0.39 is 21.7 Å². The Labute approximate surface area is 158 Å². The summed E-state index contributed by atoms with van der Waals surface area (Å²) in [4.78, 5) is 12.2. The fourth-order valence-electron chi connectivity index (χ4n) is 2.35. The first-order valence-corrected chi connectivity index (χ1v) is 10.0. The average Bonchev–Trinajstić information content (AvgIpc) is 2.59. The Bertz CT molecular complexity index is 929. The number of nitrogens with one attached hydrogen (secondary N) is 2. The third-order valence-electron chi connectivity index (χ3n) is 3.95. The summed E-state index contributed by atoms with van der Waals surface area (Å²) >= 11 is 0. The highest BCUT2D eigenvalue weighted by molar-refractivity contribution is 7.89. The largest absolute Gasteiger partial charge is 0.492 e. The number of anilines is 1. The second kappa shape index (κ2) is 8.96. The van der Waals surface area contributed by atoms with Gasteiger partial charge in [0.1, 0.15) is 11.6 Å². The van der Waals surface area contributed by atoms with Crippen molar-refractivity contribution >= 4 is 21.6 Å².